The van der Waals surface area contributed by atoms with Crippen LogP contribution in [-0.2, 0) is 14.3 Å². The van der Waals surface area contributed by atoms with Gasteiger partial charge in [0.2, 0.25) is 6.10 Å². The van der Waals surface area contributed by atoms with Gasteiger partial charge in [0.1, 0.15) is 6.04 Å². The summed E-state index contributed by atoms with van der Waals surface area (Å²) in [7, 11) is 0. The Morgan fingerprint density at radius 3 is 3.00 bits per heavy atom. The number of rotatable bonds is 2. The number of carbonyl (C=O) groups excluding carboxylic acids is 2. The van der Waals surface area contributed by atoms with E-state index < -0.39 is 12.1 Å². The highest BCUT2D eigenvalue weighted by atomic mass is 32.1. The first-order chi connectivity index (χ1) is 6.68. The highest BCUT2D eigenvalue weighted by Crippen LogP contribution is 2.26. The van der Waals surface area contributed by atoms with Gasteiger partial charge in [0.25, 0.3) is 5.91 Å². The van der Waals surface area contributed by atoms with Gasteiger partial charge in [0.15, 0.2) is 0 Å². The van der Waals surface area contributed by atoms with Gasteiger partial charge >= 0.3 is 5.97 Å². The Bertz CT molecular complexity index is 363. The summed E-state index contributed by atoms with van der Waals surface area (Å²) in [6.07, 6.45) is -0.713. The van der Waals surface area contributed by atoms with Gasteiger partial charge < -0.3 is 10.1 Å². The van der Waals surface area contributed by atoms with Crippen molar-refractivity contribution in [2.24, 2.45) is 0 Å². The molecule has 1 aromatic heterocycles. The normalized spacial score (nSPS) is 25.1. The van der Waals surface area contributed by atoms with E-state index in [0.29, 0.717) is 0 Å². The number of amides is 1. The molecular formula is C8H8N2O3S. The van der Waals surface area contributed by atoms with Crippen LogP contribution < -0.4 is 5.32 Å². The highest BCUT2D eigenvalue weighted by Gasteiger charge is 2.44. The van der Waals surface area contributed by atoms with Crippen LogP contribution in [0.1, 0.15) is 18.7 Å². The summed E-state index contributed by atoms with van der Waals surface area (Å²) in [5.74, 6) is -0.719. The molecule has 1 saturated heterocycles. The zero-order chi connectivity index (χ0) is 10.1. The predicted molar refractivity (Wildman–Crippen MR) is 48.6 cm³/mol. The molecule has 0 aromatic carbocycles. The van der Waals surface area contributed by atoms with E-state index in [-0.39, 0.29) is 11.9 Å². The lowest BCUT2D eigenvalue weighted by molar-refractivity contribution is -0.164. The van der Waals surface area contributed by atoms with Crippen LogP contribution in [0.4, 0.5) is 0 Å². The summed E-state index contributed by atoms with van der Waals surface area (Å²) in [5, 5.41) is 4.45. The van der Waals surface area contributed by atoms with E-state index in [1.165, 1.54) is 18.3 Å². The number of hydrogen-bond donors (Lipinski definition) is 1. The van der Waals surface area contributed by atoms with Crippen molar-refractivity contribution in [1.82, 2.24) is 10.3 Å². The molecule has 5 nitrogen and oxygen atoms in total. The smallest absolute Gasteiger partial charge is 0.303 e. The van der Waals surface area contributed by atoms with Crippen molar-refractivity contribution in [3.8, 4) is 0 Å². The number of ether oxygens (including phenoxy) is 1. The zero-order valence-corrected chi connectivity index (χ0v) is 8.21. The fourth-order valence-corrected chi connectivity index (χ4v) is 1.86. The first kappa shape index (κ1) is 9.14. The molecule has 0 radical (unpaired) electrons. The molecule has 74 valence electrons. The summed E-state index contributed by atoms with van der Waals surface area (Å²) in [4.78, 5) is 25.8. The third-order valence-corrected chi connectivity index (χ3v) is 2.53. The van der Waals surface area contributed by atoms with Crippen LogP contribution in [0.3, 0.4) is 0 Å². The van der Waals surface area contributed by atoms with Crippen LogP contribution in [0.5, 0.6) is 0 Å². The third-order valence-electron chi connectivity index (χ3n) is 1.92. The Morgan fingerprint density at radius 1 is 1.71 bits per heavy atom. The minimum atomic E-state index is -0.713. The second-order valence-electron chi connectivity index (χ2n) is 2.93. The molecule has 1 aliphatic heterocycles. The first-order valence-corrected chi connectivity index (χ1v) is 4.98. The lowest BCUT2D eigenvalue weighted by Gasteiger charge is -2.34. The van der Waals surface area contributed by atoms with Crippen molar-refractivity contribution in [2.45, 2.75) is 19.1 Å². The van der Waals surface area contributed by atoms with Crippen molar-refractivity contribution >= 4 is 23.2 Å². The third kappa shape index (κ3) is 1.48. The van der Waals surface area contributed by atoms with Gasteiger partial charge in [-0.2, -0.15) is 0 Å². The standard InChI is InChI=1S/C8H8N2O3S/c1-4(11)13-7-6(10-8(7)12)5-2-14-3-9-5/h2-3,6-7H,1H3,(H,10,12)/t6-,7+/m0/s1. The largest absolute Gasteiger partial charge is 0.450 e. The number of nitrogens with zero attached hydrogens (tertiary/aromatic N) is 1. The molecule has 0 spiro atoms. The van der Waals surface area contributed by atoms with E-state index in [2.05, 4.69) is 10.3 Å². The Labute approximate surface area is 84.1 Å². The quantitative estimate of drug-likeness (QED) is 0.563. The molecule has 2 rings (SSSR count). The summed E-state index contributed by atoms with van der Waals surface area (Å²) in [6.45, 7) is 1.28. The van der Waals surface area contributed by atoms with Gasteiger partial charge in [-0.05, 0) is 0 Å². The number of carbonyl (C=O) groups is 2. The van der Waals surface area contributed by atoms with Crippen LogP contribution in [0.25, 0.3) is 0 Å². The molecule has 1 amide bonds. The minimum Gasteiger partial charge on any atom is -0.450 e. The minimum absolute atomic E-state index is 0.266. The molecule has 0 aliphatic carbocycles. The summed E-state index contributed by atoms with van der Waals surface area (Å²) < 4.78 is 4.85. The molecule has 0 bridgehead atoms. The van der Waals surface area contributed by atoms with E-state index in [0.717, 1.165) is 5.69 Å². The molecule has 14 heavy (non-hydrogen) atoms. The average Bonchev–Trinajstić information content (AvgIpc) is 2.62. The molecule has 0 unspecified atom stereocenters. The van der Waals surface area contributed by atoms with E-state index in [1.807, 2.05) is 5.38 Å². The summed E-state index contributed by atoms with van der Waals surface area (Å²) >= 11 is 1.44. The maximum absolute atomic E-state index is 11.1. The maximum Gasteiger partial charge on any atom is 0.303 e. The van der Waals surface area contributed by atoms with Crippen molar-refractivity contribution in [2.75, 3.05) is 0 Å². The number of β-lactam (4-membered cyclic amide) rings is 1. The van der Waals surface area contributed by atoms with E-state index >= 15 is 0 Å². The zero-order valence-electron chi connectivity index (χ0n) is 7.39. The number of thiazole rings is 1. The van der Waals surface area contributed by atoms with Gasteiger partial charge in [-0.3, -0.25) is 9.59 Å². The summed E-state index contributed by atoms with van der Waals surface area (Å²) in [6, 6.07) is -0.280. The lowest BCUT2D eigenvalue weighted by atomic mass is 9.99. The monoisotopic (exact) mass is 212 g/mol. The van der Waals surface area contributed by atoms with Gasteiger partial charge in [0.05, 0.1) is 11.2 Å². The van der Waals surface area contributed by atoms with E-state index in [1.54, 1.807) is 5.51 Å². The van der Waals surface area contributed by atoms with Crippen LogP contribution in [0.15, 0.2) is 10.9 Å². The maximum atomic E-state index is 11.1. The van der Waals surface area contributed by atoms with Gasteiger partial charge in [-0.1, -0.05) is 0 Å². The Balaban J connectivity index is 2.08. The predicted octanol–water partition coefficient (Wildman–Crippen LogP) is 0.246. The Hall–Kier alpha value is -1.43. The van der Waals surface area contributed by atoms with Crippen molar-refractivity contribution in [1.29, 1.82) is 0 Å². The topological polar surface area (TPSA) is 68.3 Å². The van der Waals surface area contributed by atoms with Crippen LogP contribution >= 0.6 is 11.3 Å². The van der Waals surface area contributed by atoms with Crippen molar-refractivity contribution < 1.29 is 14.3 Å². The molecule has 1 fully saturated rings. The molecule has 0 saturated carbocycles. The molecule has 1 N–H and O–H groups in total. The molecule has 6 heteroatoms. The van der Waals surface area contributed by atoms with Crippen molar-refractivity contribution in [3.05, 3.63) is 16.6 Å². The van der Waals surface area contributed by atoms with E-state index in [9.17, 15) is 9.59 Å². The molecule has 1 aromatic rings. The SMILES string of the molecule is CC(=O)O[C@H]1C(=O)N[C@H]1c1cscn1. The average molecular weight is 212 g/mol. The fourth-order valence-electron chi connectivity index (χ4n) is 1.27. The number of hydrogen-bond acceptors (Lipinski definition) is 5. The first-order valence-electron chi connectivity index (χ1n) is 4.04. The van der Waals surface area contributed by atoms with E-state index in [4.69, 9.17) is 4.74 Å². The second kappa shape index (κ2) is 3.38. The number of esters is 1. The second-order valence-corrected chi connectivity index (χ2v) is 3.65. The van der Waals surface area contributed by atoms with Gasteiger partial charge in [0, 0.05) is 12.3 Å². The number of nitrogens with one attached hydrogen (secondary N) is 1. The van der Waals surface area contributed by atoms with Gasteiger partial charge in [-0.15, -0.1) is 11.3 Å². The lowest BCUT2D eigenvalue weighted by Crippen LogP contribution is -2.57. The van der Waals surface area contributed by atoms with Crippen molar-refractivity contribution in [3.63, 3.8) is 0 Å². The molecule has 1 aliphatic rings. The van der Waals surface area contributed by atoms with Gasteiger partial charge in [-0.25, -0.2) is 4.98 Å². The highest BCUT2D eigenvalue weighted by molar-refractivity contribution is 7.07. The van der Waals surface area contributed by atoms with Crippen LogP contribution in [0, 0.1) is 0 Å². The number of aromatic nitrogens is 1. The van der Waals surface area contributed by atoms with Crippen LogP contribution in [-0.4, -0.2) is 23.0 Å². The Kier molecular flexibility index (Phi) is 2.20. The molecular weight excluding hydrogens is 204 g/mol. The summed E-state index contributed by atoms with van der Waals surface area (Å²) in [5.41, 5.74) is 2.41. The molecule has 2 heterocycles. The van der Waals surface area contributed by atoms with Crippen LogP contribution in [0.2, 0.25) is 0 Å². The fraction of sp³-hybridized carbons (Fsp3) is 0.375. The molecule has 2 atom stereocenters. The Morgan fingerprint density at radius 2 is 2.50 bits per heavy atom.